The maximum Gasteiger partial charge on any atom is 0.217 e. The van der Waals surface area contributed by atoms with E-state index >= 15 is 0 Å². The molecule has 0 aliphatic rings. The highest BCUT2D eigenvalue weighted by Gasteiger charge is 2.16. The number of nitrogens with one attached hydrogen (secondary N) is 1. The summed E-state index contributed by atoms with van der Waals surface area (Å²) in [4.78, 5) is 16.2. The van der Waals surface area contributed by atoms with Crippen molar-refractivity contribution in [1.29, 1.82) is 0 Å². The fourth-order valence-corrected chi connectivity index (χ4v) is 3.61. The summed E-state index contributed by atoms with van der Waals surface area (Å²) in [5.41, 5.74) is 4.50. The second-order valence-electron chi connectivity index (χ2n) is 7.41. The van der Waals surface area contributed by atoms with Gasteiger partial charge in [0.05, 0.1) is 23.7 Å². The van der Waals surface area contributed by atoms with Gasteiger partial charge in [0, 0.05) is 13.5 Å². The van der Waals surface area contributed by atoms with E-state index in [1.165, 1.54) is 18.1 Å². The van der Waals surface area contributed by atoms with Gasteiger partial charge in [0.2, 0.25) is 5.91 Å². The van der Waals surface area contributed by atoms with E-state index in [0.29, 0.717) is 6.61 Å². The average molecular weight is 380 g/mol. The number of nitrogens with zero attached hydrogens (tertiary/aromatic N) is 2. The van der Waals surface area contributed by atoms with E-state index in [2.05, 4.69) is 48.0 Å². The number of unbranched alkanes of at least 4 members (excludes halogenated alkanes) is 1. The molecule has 0 aliphatic carbocycles. The molecule has 0 saturated carbocycles. The van der Waals surface area contributed by atoms with Crippen LogP contribution >= 0.6 is 0 Å². The summed E-state index contributed by atoms with van der Waals surface area (Å²) < 4.78 is 8.14. The lowest BCUT2D eigenvalue weighted by Crippen LogP contribution is -2.26. The van der Waals surface area contributed by atoms with E-state index < -0.39 is 0 Å². The first-order valence-electron chi connectivity index (χ1n) is 9.87. The Morgan fingerprint density at radius 2 is 1.86 bits per heavy atom. The smallest absolute Gasteiger partial charge is 0.217 e. The lowest BCUT2D eigenvalue weighted by molar-refractivity contribution is -0.119. The fourth-order valence-electron chi connectivity index (χ4n) is 3.61. The SMILES string of the molecule is CC(=O)NC(C)c1nc2ccccc2n1CCCCOc1cc(C)cc(C)c1. The number of hydrogen-bond donors (Lipinski definition) is 1. The second-order valence-corrected chi connectivity index (χ2v) is 7.41. The Labute approximate surface area is 166 Å². The van der Waals surface area contributed by atoms with Gasteiger partial charge in [-0.05, 0) is 69.0 Å². The topological polar surface area (TPSA) is 56.2 Å². The molecular formula is C23H29N3O2. The Kier molecular flexibility index (Phi) is 6.34. The molecule has 1 amide bonds. The standard InChI is InChI=1S/C23H29N3O2/c1-16-13-17(2)15-20(14-16)28-12-8-7-11-26-22-10-6-5-9-21(22)25-23(26)18(3)24-19(4)27/h5-6,9-10,13-15,18H,7-8,11-12H2,1-4H3,(H,24,27). The number of imidazole rings is 1. The number of rotatable bonds is 8. The Balaban J connectivity index is 1.63. The number of aromatic nitrogens is 2. The molecule has 5 heteroatoms. The first-order chi connectivity index (χ1) is 13.4. The zero-order chi connectivity index (χ0) is 20.1. The Bertz CT molecular complexity index is 941. The number of para-hydroxylation sites is 2. The van der Waals surface area contributed by atoms with Crippen molar-refractivity contribution in [3.8, 4) is 5.75 Å². The molecule has 0 spiro atoms. The van der Waals surface area contributed by atoms with Crippen LogP contribution in [0.15, 0.2) is 42.5 Å². The summed E-state index contributed by atoms with van der Waals surface area (Å²) in [6, 6.07) is 14.3. The minimum Gasteiger partial charge on any atom is -0.494 e. The highest BCUT2D eigenvalue weighted by Crippen LogP contribution is 2.22. The van der Waals surface area contributed by atoms with Crippen molar-refractivity contribution in [3.63, 3.8) is 0 Å². The fraction of sp³-hybridized carbons (Fsp3) is 0.391. The van der Waals surface area contributed by atoms with E-state index in [-0.39, 0.29) is 11.9 Å². The van der Waals surface area contributed by atoms with Crippen LogP contribution in [-0.4, -0.2) is 22.1 Å². The average Bonchev–Trinajstić information content (AvgIpc) is 2.99. The van der Waals surface area contributed by atoms with Gasteiger partial charge in [-0.2, -0.15) is 0 Å². The third-order valence-corrected chi connectivity index (χ3v) is 4.73. The summed E-state index contributed by atoms with van der Waals surface area (Å²) in [6.45, 7) is 9.21. The molecule has 1 atom stereocenters. The van der Waals surface area contributed by atoms with Crippen molar-refractivity contribution < 1.29 is 9.53 Å². The molecule has 0 aliphatic heterocycles. The van der Waals surface area contributed by atoms with Crippen LogP contribution in [0, 0.1) is 13.8 Å². The zero-order valence-corrected chi connectivity index (χ0v) is 17.2. The molecular weight excluding hydrogens is 350 g/mol. The Hall–Kier alpha value is -2.82. The van der Waals surface area contributed by atoms with Crippen LogP contribution in [0.3, 0.4) is 0 Å². The number of carbonyl (C=O) groups excluding carboxylic acids is 1. The molecule has 148 valence electrons. The second kappa shape index (κ2) is 8.91. The summed E-state index contributed by atoms with van der Waals surface area (Å²) in [5.74, 6) is 1.78. The third kappa shape index (κ3) is 4.91. The van der Waals surface area contributed by atoms with Crippen LogP contribution in [0.4, 0.5) is 0 Å². The van der Waals surface area contributed by atoms with Gasteiger partial charge in [0.1, 0.15) is 11.6 Å². The molecule has 3 rings (SSSR count). The molecule has 0 bridgehead atoms. The molecule has 0 radical (unpaired) electrons. The molecule has 1 unspecified atom stereocenters. The number of ether oxygens (including phenoxy) is 1. The van der Waals surface area contributed by atoms with Crippen LogP contribution in [0.5, 0.6) is 5.75 Å². The van der Waals surface area contributed by atoms with Gasteiger partial charge >= 0.3 is 0 Å². The molecule has 28 heavy (non-hydrogen) atoms. The molecule has 2 aromatic carbocycles. The summed E-state index contributed by atoms with van der Waals surface area (Å²) in [7, 11) is 0. The lowest BCUT2D eigenvalue weighted by Gasteiger charge is -2.15. The number of fused-ring (bicyclic) bond motifs is 1. The number of aryl methyl sites for hydroxylation is 3. The van der Waals surface area contributed by atoms with E-state index in [9.17, 15) is 4.79 Å². The van der Waals surface area contributed by atoms with Crippen molar-refractivity contribution in [1.82, 2.24) is 14.9 Å². The predicted molar refractivity (Wildman–Crippen MR) is 113 cm³/mol. The summed E-state index contributed by atoms with van der Waals surface area (Å²) in [6.07, 6.45) is 1.93. The number of amides is 1. The largest absolute Gasteiger partial charge is 0.494 e. The Morgan fingerprint density at radius 3 is 2.57 bits per heavy atom. The van der Waals surface area contributed by atoms with Gasteiger partial charge in [-0.3, -0.25) is 4.79 Å². The lowest BCUT2D eigenvalue weighted by atomic mass is 10.1. The summed E-state index contributed by atoms with van der Waals surface area (Å²) >= 11 is 0. The van der Waals surface area contributed by atoms with Crippen LogP contribution < -0.4 is 10.1 Å². The normalized spacial score (nSPS) is 12.1. The van der Waals surface area contributed by atoms with Crippen molar-refractivity contribution in [2.75, 3.05) is 6.61 Å². The van der Waals surface area contributed by atoms with Crippen molar-refractivity contribution in [2.45, 2.75) is 53.1 Å². The molecule has 1 heterocycles. The predicted octanol–water partition coefficient (Wildman–Crippen LogP) is 4.71. The number of carbonyl (C=O) groups is 1. The number of hydrogen-bond acceptors (Lipinski definition) is 3. The molecule has 3 aromatic rings. The Morgan fingerprint density at radius 1 is 1.14 bits per heavy atom. The van der Waals surface area contributed by atoms with Crippen molar-refractivity contribution in [3.05, 3.63) is 59.4 Å². The maximum atomic E-state index is 11.5. The van der Waals surface area contributed by atoms with Gasteiger partial charge in [-0.15, -0.1) is 0 Å². The highest BCUT2D eigenvalue weighted by molar-refractivity contribution is 5.77. The molecule has 5 nitrogen and oxygen atoms in total. The number of benzene rings is 2. The molecule has 1 aromatic heterocycles. The van der Waals surface area contributed by atoms with E-state index in [1.54, 1.807) is 0 Å². The van der Waals surface area contributed by atoms with E-state index in [0.717, 1.165) is 42.0 Å². The van der Waals surface area contributed by atoms with Gasteiger partial charge in [-0.25, -0.2) is 4.98 Å². The van der Waals surface area contributed by atoms with Crippen LogP contribution in [0.25, 0.3) is 11.0 Å². The molecule has 0 saturated heterocycles. The van der Waals surface area contributed by atoms with Crippen LogP contribution in [0.2, 0.25) is 0 Å². The van der Waals surface area contributed by atoms with Crippen LogP contribution in [-0.2, 0) is 11.3 Å². The van der Waals surface area contributed by atoms with E-state index in [4.69, 9.17) is 9.72 Å². The molecule has 1 N–H and O–H groups in total. The monoisotopic (exact) mass is 379 g/mol. The first-order valence-corrected chi connectivity index (χ1v) is 9.87. The highest BCUT2D eigenvalue weighted by atomic mass is 16.5. The van der Waals surface area contributed by atoms with Crippen molar-refractivity contribution >= 4 is 16.9 Å². The molecule has 0 fully saturated rings. The van der Waals surface area contributed by atoms with E-state index in [1.807, 2.05) is 25.1 Å². The minimum absolute atomic E-state index is 0.0482. The quantitative estimate of drug-likeness (QED) is 0.577. The van der Waals surface area contributed by atoms with Crippen LogP contribution in [0.1, 0.15) is 49.7 Å². The summed E-state index contributed by atoms with van der Waals surface area (Å²) in [5, 5.41) is 2.95. The first kappa shape index (κ1) is 19.9. The van der Waals surface area contributed by atoms with Gasteiger partial charge in [-0.1, -0.05) is 18.2 Å². The zero-order valence-electron chi connectivity index (χ0n) is 17.2. The van der Waals surface area contributed by atoms with Crippen molar-refractivity contribution in [2.24, 2.45) is 0 Å². The van der Waals surface area contributed by atoms with Gasteiger partial charge < -0.3 is 14.6 Å². The van der Waals surface area contributed by atoms with Gasteiger partial charge in [0.25, 0.3) is 0 Å². The maximum absolute atomic E-state index is 11.5. The van der Waals surface area contributed by atoms with Gasteiger partial charge in [0.15, 0.2) is 0 Å². The minimum atomic E-state index is -0.128. The third-order valence-electron chi connectivity index (χ3n) is 4.73.